The second-order valence-electron chi connectivity index (χ2n) is 8.19. The van der Waals surface area contributed by atoms with Crippen LogP contribution in [0.15, 0.2) is 40.6 Å². The van der Waals surface area contributed by atoms with Crippen LogP contribution in [0.25, 0.3) is 5.57 Å². The third-order valence-corrected chi connectivity index (χ3v) is 7.21. The number of carbonyl (C=O) groups excluding carboxylic acids is 1. The molecule has 2 aromatic rings. The van der Waals surface area contributed by atoms with Crippen LogP contribution in [0.5, 0.6) is 0 Å². The monoisotopic (exact) mass is 413 g/mol. The first kappa shape index (κ1) is 19.8. The molecule has 1 fully saturated rings. The Morgan fingerprint density at radius 2 is 2.10 bits per heavy atom. The molecule has 0 spiro atoms. The van der Waals surface area contributed by atoms with Crippen molar-refractivity contribution in [1.82, 2.24) is 4.72 Å². The second kappa shape index (κ2) is 7.37. The molecule has 1 aromatic heterocycles. The maximum absolute atomic E-state index is 12.8. The molecule has 1 heterocycles. The first-order chi connectivity index (χ1) is 13.8. The predicted molar refractivity (Wildman–Crippen MR) is 114 cm³/mol. The maximum Gasteiger partial charge on any atom is 0.332 e. The Bertz CT molecular complexity index is 1080. The lowest BCUT2D eigenvalue weighted by molar-refractivity contribution is 0.256. The van der Waals surface area contributed by atoms with Gasteiger partial charge in [0.2, 0.25) is 5.09 Å². The van der Waals surface area contributed by atoms with Crippen LogP contribution < -0.4 is 10.0 Å². The molecule has 2 amide bonds. The van der Waals surface area contributed by atoms with Gasteiger partial charge in [0, 0.05) is 17.3 Å². The highest BCUT2D eigenvalue weighted by molar-refractivity contribution is 7.91. The summed E-state index contributed by atoms with van der Waals surface area (Å²) >= 11 is 0. The standard InChI is InChI=1S/C22H27N3O3S/c1-13(2)17-11-20(28-12-17)29(23,27)25-22(26)24-21-18(14(3)15-7-8-15)10-9-16-5-4-6-19(16)21/h9-12,14-15H,1,4-8H2,2-3H3,(H3,23,24,25,26,27)/t14?,29-/m1/s1. The van der Waals surface area contributed by atoms with Gasteiger partial charge in [0.25, 0.3) is 0 Å². The van der Waals surface area contributed by atoms with Crippen molar-refractivity contribution in [2.75, 3.05) is 5.32 Å². The molecule has 154 valence electrons. The summed E-state index contributed by atoms with van der Waals surface area (Å²) in [6.45, 7) is 7.79. The third kappa shape index (κ3) is 3.96. The van der Waals surface area contributed by atoms with E-state index in [1.807, 2.05) is 0 Å². The van der Waals surface area contributed by atoms with Gasteiger partial charge < -0.3 is 9.73 Å². The van der Waals surface area contributed by atoms with Crippen molar-refractivity contribution in [3.63, 3.8) is 0 Å². The fraction of sp³-hybridized carbons (Fsp3) is 0.409. The van der Waals surface area contributed by atoms with Crippen molar-refractivity contribution in [1.29, 1.82) is 4.78 Å². The second-order valence-corrected chi connectivity index (χ2v) is 9.91. The van der Waals surface area contributed by atoms with Crippen LogP contribution in [0.2, 0.25) is 0 Å². The quantitative estimate of drug-likeness (QED) is 0.587. The highest BCUT2D eigenvalue weighted by Crippen LogP contribution is 2.46. The van der Waals surface area contributed by atoms with E-state index in [0.29, 0.717) is 17.4 Å². The van der Waals surface area contributed by atoms with E-state index in [1.54, 1.807) is 6.92 Å². The van der Waals surface area contributed by atoms with Gasteiger partial charge in [-0.1, -0.05) is 25.6 Å². The smallest absolute Gasteiger partial charge is 0.332 e. The van der Waals surface area contributed by atoms with Gasteiger partial charge in [-0.25, -0.2) is 18.5 Å². The van der Waals surface area contributed by atoms with E-state index in [9.17, 15) is 9.00 Å². The fourth-order valence-corrected chi connectivity index (χ4v) is 4.96. The number of furan rings is 1. The number of anilines is 1. The number of hydrogen-bond donors (Lipinski definition) is 3. The summed E-state index contributed by atoms with van der Waals surface area (Å²) in [5, 5.41) is 2.83. The lowest BCUT2D eigenvalue weighted by atomic mass is 9.91. The Balaban J connectivity index is 1.58. The van der Waals surface area contributed by atoms with E-state index in [-0.39, 0.29) is 5.09 Å². The van der Waals surface area contributed by atoms with E-state index in [0.717, 1.165) is 36.1 Å². The molecule has 1 saturated carbocycles. The number of amides is 2. The van der Waals surface area contributed by atoms with E-state index in [1.165, 1.54) is 36.3 Å². The van der Waals surface area contributed by atoms with Crippen molar-refractivity contribution < 1.29 is 13.4 Å². The number of benzene rings is 1. The minimum atomic E-state index is -3.61. The molecular formula is C22H27N3O3S. The number of rotatable bonds is 6. The van der Waals surface area contributed by atoms with Crippen LogP contribution in [0.1, 0.15) is 61.3 Å². The Morgan fingerprint density at radius 1 is 1.34 bits per heavy atom. The summed E-state index contributed by atoms with van der Waals surface area (Å²) < 4.78 is 28.4. The summed E-state index contributed by atoms with van der Waals surface area (Å²) in [6, 6.07) is 5.13. The van der Waals surface area contributed by atoms with Crippen molar-refractivity contribution in [2.24, 2.45) is 5.92 Å². The van der Waals surface area contributed by atoms with Crippen molar-refractivity contribution in [3.8, 4) is 0 Å². The zero-order chi connectivity index (χ0) is 20.8. The van der Waals surface area contributed by atoms with E-state index >= 15 is 0 Å². The molecule has 7 heteroatoms. The molecule has 0 bridgehead atoms. The SMILES string of the molecule is C=C(C)c1coc([S@](=N)(=O)NC(=O)Nc2c(C(C)C3CC3)ccc3c2CCC3)c1. The van der Waals surface area contributed by atoms with E-state index < -0.39 is 15.9 Å². The molecule has 4 rings (SSSR count). The molecule has 0 aliphatic heterocycles. The van der Waals surface area contributed by atoms with Gasteiger partial charge in [-0.15, -0.1) is 0 Å². The lowest BCUT2D eigenvalue weighted by Gasteiger charge is -2.20. The van der Waals surface area contributed by atoms with Gasteiger partial charge >= 0.3 is 6.03 Å². The zero-order valence-corrected chi connectivity index (χ0v) is 17.7. The minimum Gasteiger partial charge on any atom is -0.452 e. The molecule has 2 aliphatic rings. The first-order valence-corrected chi connectivity index (χ1v) is 11.6. The molecule has 1 aromatic carbocycles. The number of carbonyl (C=O) groups is 1. The first-order valence-electron chi connectivity index (χ1n) is 10.0. The largest absolute Gasteiger partial charge is 0.452 e. The molecular weight excluding hydrogens is 386 g/mol. The van der Waals surface area contributed by atoms with Crippen molar-refractivity contribution >= 4 is 27.2 Å². The van der Waals surface area contributed by atoms with Crippen molar-refractivity contribution in [3.05, 3.63) is 53.3 Å². The number of allylic oxidation sites excluding steroid dienone is 1. The number of hydrogen-bond acceptors (Lipinski definition) is 4. The molecule has 0 radical (unpaired) electrons. The number of aryl methyl sites for hydroxylation is 1. The van der Waals surface area contributed by atoms with Gasteiger partial charge in [0.1, 0.15) is 0 Å². The highest BCUT2D eigenvalue weighted by atomic mass is 32.2. The summed E-state index contributed by atoms with van der Waals surface area (Å²) in [6.07, 6.45) is 6.83. The predicted octanol–water partition coefficient (Wildman–Crippen LogP) is 5.46. The third-order valence-electron chi connectivity index (χ3n) is 5.96. The van der Waals surface area contributed by atoms with E-state index in [4.69, 9.17) is 9.20 Å². The van der Waals surface area contributed by atoms with Crippen LogP contribution in [-0.4, -0.2) is 10.2 Å². The highest BCUT2D eigenvalue weighted by Gasteiger charge is 2.32. The van der Waals surface area contributed by atoms with Crippen LogP contribution in [0, 0.1) is 10.7 Å². The Hall–Kier alpha value is -2.54. The molecule has 2 atom stereocenters. The van der Waals surface area contributed by atoms with Gasteiger partial charge in [0.15, 0.2) is 9.92 Å². The summed E-state index contributed by atoms with van der Waals surface area (Å²) in [5.74, 6) is 1.02. The Labute approximate surface area is 171 Å². The molecule has 29 heavy (non-hydrogen) atoms. The van der Waals surface area contributed by atoms with Crippen LogP contribution in [0.4, 0.5) is 10.5 Å². The number of nitrogens with one attached hydrogen (secondary N) is 3. The molecule has 6 nitrogen and oxygen atoms in total. The van der Waals surface area contributed by atoms with Gasteiger partial charge in [-0.3, -0.25) is 0 Å². The Morgan fingerprint density at radius 3 is 2.76 bits per heavy atom. The maximum atomic E-state index is 12.8. The topological polar surface area (TPSA) is 95.2 Å². The molecule has 1 unspecified atom stereocenters. The van der Waals surface area contributed by atoms with Gasteiger partial charge in [-0.2, -0.15) is 0 Å². The number of urea groups is 1. The van der Waals surface area contributed by atoms with Crippen LogP contribution in [-0.2, 0) is 22.8 Å². The fourth-order valence-electron chi connectivity index (χ4n) is 4.07. The zero-order valence-electron chi connectivity index (χ0n) is 16.8. The molecule has 2 aliphatic carbocycles. The molecule has 0 saturated heterocycles. The minimum absolute atomic E-state index is 0.0875. The summed E-state index contributed by atoms with van der Waals surface area (Å²) in [4.78, 5) is 12.7. The molecule has 3 N–H and O–H groups in total. The lowest BCUT2D eigenvalue weighted by Crippen LogP contribution is -2.34. The normalized spacial score (nSPS) is 18.6. The average molecular weight is 414 g/mol. The average Bonchev–Trinajstić information content (AvgIpc) is 3.17. The van der Waals surface area contributed by atoms with Crippen LogP contribution in [0.3, 0.4) is 0 Å². The summed E-state index contributed by atoms with van der Waals surface area (Å²) in [5.41, 5.74) is 5.78. The number of fused-ring (bicyclic) bond motifs is 1. The van der Waals surface area contributed by atoms with Gasteiger partial charge in [-0.05, 0) is 73.1 Å². The van der Waals surface area contributed by atoms with Crippen molar-refractivity contribution in [2.45, 2.75) is 57.0 Å². The van der Waals surface area contributed by atoms with E-state index in [2.05, 4.69) is 35.7 Å². The van der Waals surface area contributed by atoms with Crippen LogP contribution >= 0.6 is 0 Å². The van der Waals surface area contributed by atoms with Gasteiger partial charge in [0.05, 0.1) is 6.26 Å². The summed E-state index contributed by atoms with van der Waals surface area (Å²) in [7, 11) is -3.61. The Kier molecular flexibility index (Phi) is 5.02.